The predicted octanol–water partition coefficient (Wildman–Crippen LogP) is 3.68. The summed E-state index contributed by atoms with van der Waals surface area (Å²) >= 11 is 3.37. The van der Waals surface area contributed by atoms with Crippen LogP contribution in [0.15, 0.2) is 46.9 Å². The molecule has 0 aliphatic heterocycles. The van der Waals surface area contributed by atoms with Crippen LogP contribution in [0.1, 0.15) is 11.1 Å². The van der Waals surface area contributed by atoms with Crippen molar-refractivity contribution >= 4 is 33.2 Å². The highest BCUT2D eigenvalue weighted by molar-refractivity contribution is 9.10. The maximum atomic E-state index is 11.9. The molecule has 0 aliphatic carbocycles. The van der Waals surface area contributed by atoms with Crippen molar-refractivity contribution in [3.05, 3.63) is 58.1 Å². The molecule has 0 aromatic heterocycles. The van der Waals surface area contributed by atoms with E-state index in [2.05, 4.69) is 32.6 Å². The summed E-state index contributed by atoms with van der Waals surface area (Å²) in [6, 6.07) is 14.9. The molecular formula is C16H14BrN3O. The molecule has 0 unspecified atom stereocenters. The number of nitrogens with zero attached hydrogens (tertiary/aromatic N) is 1. The van der Waals surface area contributed by atoms with Gasteiger partial charge < -0.3 is 10.6 Å². The number of hydrogen-bond donors (Lipinski definition) is 2. The number of carbonyl (C=O) groups is 1. The molecule has 2 N–H and O–H groups in total. The van der Waals surface area contributed by atoms with Crippen LogP contribution in [0, 0.1) is 18.3 Å². The molecule has 0 saturated heterocycles. The summed E-state index contributed by atoms with van der Waals surface area (Å²) in [6.07, 6.45) is 0. The highest BCUT2D eigenvalue weighted by Crippen LogP contribution is 2.23. The van der Waals surface area contributed by atoms with Gasteiger partial charge in [0.2, 0.25) is 5.91 Å². The number of hydrogen-bond acceptors (Lipinski definition) is 3. The summed E-state index contributed by atoms with van der Waals surface area (Å²) in [6.45, 7) is 2.10. The fourth-order valence-corrected chi connectivity index (χ4v) is 2.33. The first-order valence-electron chi connectivity index (χ1n) is 6.39. The highest BCUT2D eigenvalue weighted by atomic mass is 79.9. The van der Waals surface area contributed by atoms with Gasteiger partial charge >= 0.3 is 0 Å². The topological polar surface area (TPSA) is 64.9 Å². The van der Waals surface area contributed by atoms with Crippen LogP contribution in [0.4, 0.5) is 11.4 Å². The van der Waals surface area contributed by atoms with Crippen molar-refractivity contribution in [2.45, 2.75) is 6.92 Å². The SMILES string of the molecule is Cc1ccccc1NC(=O)CNc1ccc(C#N)cc1Br. The molecule has 0 saturated carbocycles. The normalized spacial score (nSPS) is 9.76. The van der Waals surface area contributed by atoms with Crippen molar-refractivity contribution in [1.29, 1.82) is 5.26 Å². The average molecular weight is 344 g/mol. The first kappa shape index (κ1) is 15.1. The summed E-state index contributed by atoms with van der Waals surface area (Å²) in [4.78, 5) is 11.9. The van der Waals surface area contributed by atoms with Gasteiger partial charge in [0.1, 0.15) is 0 Å². The molecule has 2 aromatic carbocycles. The van der Waals surface area contributed by atoms with Crippen LogP contribution in [0.25, 0.3) is 0 Å². The third-order valence-electron chi connectivity index (χ3n) is 2.96. The second kappa shape index (κ2) is 6.91. The maximum absolute atomic E-state index is 11.9. The molecular weight excluding hydrogens is 330 g/mol. The Morgan fingerprint density at radius 2 is 2.00 bits per heavy atom. The van der Waals surface area contributed by atoms with Gasteiger partial charge in [0, 0.05) is 15.8 Å². The van der Waals surface area contributed by atoms with Gasteiger partial charge in [-0.05, 0) is 52.7 Å². The van der Waals surface area contributed by atoms with Crippen LogP contribution in [0.2, 0.25) is 0 Å². The van der Waals surface area contributed by atoms with Crippen LogP contribution in [0.3, 0.4) is 0 Å². The summed E-state index contributed by atoms with van der Waals surface area (Å²) in [5, 5.41) is 14.7. The van der Waals surface area contributed by atoms with Crippen LogP contribution in [-0.2, 0) is 4.79 Å². The molecule has 4 nitrogen and oxygen atoms in total. The highest BCUT2D eigenvalue weighted by Gasteiger charge is 2.06. The minimum absolute atomic E-state index is 0.124. The van der Waals surface area contributed by atoms with Crippen molar-refractivity contribution < 1.29 is 4.79 Å². The first-order chi connectivity index (χ1) is 10.1. The van der Waals surface area contributed by atoms with Crippen LogP contribution in [-0.4, -0.2) is 12.5 Å². The minimum Gasteiger partial charge on any atom is -0.375 e. The van der Waals surface area contributed by atoms with Gasteiger partial charge in [-0.25, -0.2) is 0 Å². The van der Waals surface area contributed by atoms with E-state index in [4.69, 9.17) is 5.26 Å². The van der Waals surface area contributed by atoms with E-state index in [0.717, 1.165) is 21.4 Å². The van der Waals surface area contributed by atoms with Gasteiger partial charge in [-0.15, -0.1) is 0 Å². The van der Waals surface area contributed by atoms with E-state index in [1.165, 1.54) is 0 Å². The van der Waals surface area contributed by atoms with Gasteiger partial charge in [-0.3, -0.25) is 4.79 Å². The Labute approximate surface area is 131 Å². The largest absolute Gasteiger partial charge is 0.375 e. The van der Waals surface area contributed by atoms with Gasteiger partial charge in [-0.1, -0.05) is 18.2 Å². The van der Waals surface area contributed by atoms with Gasteiger partial charge in [0.15, 0.2) is 0 Å². The van der Waals surface area contributed by atoms with Crippen molar-refractivity contribution in [2.24, 2.45) is 0 Å². The third-order valence-corrected chi connectivity index (χ3v) is 3.61. The fourth-order valence-electron chi connectivity index (χ4n) is 1.81. The predicted molar refractivity (Wildman–Crippen MR) is 87.2 cm³/mol. The molecule has 5 heteroatoms. The molecule has 1 amide bonds. The number of anilines is 2. The second-order valence-corrected chi connectivity index (χ2v) is 5.38. The minimum atomic E-state index is -0.124. The number of carbonyl (C=O) groups excluding carboxylic acids is 1. The Morgan fingerprint density at radius 1 is 1.24 bits per heavy atom. The summed E-state index contributed by atoms with van der Waals surface area (Å²) in [7, 11) is 0. The lowest BCUT2D eigenvalue weighted by Gasteiger charge is -2.11. The lowest BCUT2D eigenvalue weighted by atomic mass is 10.2. The van der Waals surface area contributed by atoms with E-state index in [0.29, 0.717) is 5.56 Å². The van der Waals surface area contributed by atoms with Gasteiger partial charge in [-0.2, -0.15) is 5.26 Å². The van der Waals surface area contributed by atoms with E-state index in [1.807, 2.05) is 31.2 Å². The Kier molecular flexibility index (Phi) is 4.96. The Bertz CT molecular complexity index is 707. The molecule has 2 aromatic rings. The number of benzene rings is 2. The zero-order valence-electron chi connectivity index (χ0n) is 11.5. The van der Waals surface area contributed by atoms with Crippen molar-refractivity contribution in [1.82, 2.24) is 0 Å². The smallest absolute Gasteiger partial charge is 0.243 e. The standard InChI is InChI=1S/C16H14BrN3O/c1-11-4-2-3-5-14(11)20-16(21)10-19-15-7-6-12(9-18)8-13(15)17/h2-8,19H,10H2,1H3,(H,20,21). The summed E-state index contributed by atoms with van der Waals surface area (Å²) in [5.41, 5.74) is 3.17. The number of rotatable bonds is 4. The molecule has 2 rings (SSSR count). The van der Waals surface area contributed by atoms with Crippen LogP contribution >= 0.6 is 15.9 Å². The lowest BCUT2D eigenvalue weighted by molar-refractivity contribution is -0.114. The molecule has 106 valence electrons. The van der Waals surface area contributed by atoms with Crippen LogP contribution in [0.5, 0.6) is 0 Å². The zero-order chi connectivity index (χ0) is 15.2. The summed E-state index contributed by atoms with van der Waals surface area (Å²) < 4.78 is 0.755. The lowest BCUT2D eigenvalue weighted by Crippen LogP contribution is -2.22. The number of nitriles is 1. The number of halogens is 1. The molecule has 0 heterocycles. The van der Waals surface area contributed by atoms with E-state index in [9.17, 15) is 4.79 Å². The number of aryl methyl sites for hydroxylation is 1. The first-order valence-corrected chi connectivity index (χ1v) is 7.18. The van der Waals surface area contributed by atoms with Crippen molar-refractivity contribution in [3.8, 4) is 6.07 Å². The number of para-hydroxylation sites is 1. The van der Waals surface area contributed by atoms with E-state index in [-0.39, 0.29) is 12.5 Å². The van der Waals surface area contributed by atoms with Crippen molar-refractivity contribution in [2.75, 3.05) is 17.2 Å². The maximum Gasteiger partial charge on any atom is 0.243 e. The van der Waals surface area contributed by atoms with Gasteiger partial charge in [0.25, 0.3) is 0 Å². The molecule has 0 fully saturated rings. The molecule has 0 atom stereocenters. The number of nitrogens with one attached hydrogen (secondary N) is 2. The quantitative estimate of drug-likeness (QED) is 0.889. The fraction of sp³-hybridized carbons (Fsp3) is 0.125. The van der Waals surface area contributed by atoms with E-state index < -0.39 is 0 Å². The molecule has 0 spiro atoms. The van der Waals surface area contributed by atoms with Crippen molar-refractivity contribution in [3.63, 3.8) is 0 Å². The molecule has 0 radical (unpaired) electrons. The number of amides is 1. The molecule has 0 aliphatic rings. The Balaban J connectivity index is 1.96. The van der Waals surface area contributed by atoms with Gasteiger partial charge in [0.05, 0.1) is 18.2 Å². The molecule has 21 heavy (non-hydrogen) atoms. The molecule has 0 bridgehead atoms. The zero-order valence-corrected chi connectivity index (χ0v) is 13.1. The van der Waals surface area contributed by atoms with E-state index in [1.54, 1.807) is 18.2 Å². The average Bonchev–Trinajstić information content (AvgIpc) is 2.48. The Hall–Kier alpha value is -2.32. The third kappa shape index (κ3) is 4.07. The second-order valence-electron chi connectivity index (χ2n) is 4.52. The summed E-state index contributed by atoms with van der Waals surface area (Å²) in [5.74, 6) is -0.124. The van der Waals surface area contributed by atoms with E-state index >= 15 is 0 Å². The monoisotopic (exact) mass is 343 g/mol. The Morgan fingerprint density at radius 3 is 2.67 bits per heavy atom. The van der Waals surface area contributed by atoms with Crippen LogP contribution < -0.4 is 10.6 Å².